The highest BCUT2D eigenvalue weighted by molar-refractivity contribution is 6.53. The first-order chi connectivity index (χ1) is 21.1. The molecule has 3 N–H and O–H groups in total. The highest BCUT2D eigenvalue weighted by Gasteiger charge is 2.68. The van der Waals surface area contributed by atoms with Crippen LogP contribution in [0, 0.1) is 17.6 Å². The fourth-order valence-corrected chi connectivity index (χ4v) is 5.39. The lowest BCUT2D eigenvalue weighted by atomic mass is 10.0. The highest BCUT2D eigenvalue weighted by Crippen LogP contribution is 2.65. The molecule has 1 saturated carbocycles. The molecule has 0 radical (unpaired) electrons. The predicted octanol–water partition coefficient (Wildman–Crippen LogP) is 8.64. The first kappa shape index (κ1) is 35.1. The van der Waals surface area contributed by atoms with E-state index in [1.807, 2.05) is 5.32 Å². The van der Waals surface area contributed by atoms with Gasteiger partial charge in [0.05, 0.1) is 33.3 Å². The third-order valence-corrected chi connectivity index (χ3v) is 7.84. The number of hydrogen-bond acceptors (Lipinski definition) is 3. The normalized spacial score (nSPS) is 17.4. The molecule has 6 nitrogen and oxygen atoms in total. The quantitative estimate of drug-likeness (QED) is 0.169. The zero-order chi connectivity index (χ0) is 34.5. The van der Waals surface area contributed by atoms with Crippen LogP contribution in [0.4, 0.5) is 61.0 Å². The van der Waals surface area contributed by atoms with Crippen molar-refractivity contribution in [2.75, 3.05) is 16.0 Å². The van der Waals surface area contributed by atoms with Gasteiger partial charge in [0, 0.05) is 11.6 Å². The van der Waals surface area contributed by atoms with Gasteiger partial charge in [-0.2, -0.15) is 35.1 Å². The Morgan fingerprint density at radius 1 is 0.804 bits per heavy atom. The van der Waals surface area contributed by atoms with Crippen molar-refractivity contribution < 1.29 is 58.3 Å². The molecular weight excluding hydrogens is 711 g/mol. The maximum absolute atomic E-state index is 14.8. The number of halogens is 13. The molecule has 246 valence electrons. The number of benzene rings is 3. The summed E-state index contributed by atoms with van der Waals surface area (Å²) in [6, 6.07) is 5.06. The van der Waals surface area contributed by atoms with Gasteiger partial charge >= 0.3 is 18.8 Å². The summed E-state index contributed by atoms with van der Waals surface area (Å²) in [5, 5.41) is 5.29. The molecule has 0 heterocycles. The maximum Gasteiger partial charge on any atom is 0.416 e. The van der Waals surface area contributed by atoms with Gasteiger partial charge in [0.15, 0.2) is 5.82 Å². The lowest BCUT2D eigenvalue weighted by Gasteiger charge is -2.14. The van der Waals surface area contributed by atoms with E-state index in [0.29, 0.717) is 24.3 Å². The van der Waals surface area contributed by atoms with Crippen LogP contribution < -0.4 is 16.0 Å². The van der Waals surface area contributed by atoms with Gasteiger partial charge in [0.1, 0.15) is 15.8 Å². The Bertz CT molecular complexity index is 1700. The average Bonchev–Trinajstić information content (AvgIpc) is 3.53. The number of rotatable bonds is 7. The minimum absolute atomic E-state index is 0.108. The van der Waals surface area contributed by atoms with Crippen LogP contribution in [0.15, 0.2) is 48.5 Å². The Balaban J connectivity index is 1.56. The summed E-state index contributed by atoms with van der Waals surface area (Å²) in [5.41, 5.74) is -6.65. The topological polar surface area (TPSA) is 87.3 Å². The van der Waals surface area contributed by atoms with Gasteiger partial charge in [-0.15, -0.1) is 23.2 Å². The van der Waals surface area contributed by atoms with Crippen molar-refractivity contribution in [2.24, 2.45) is 5.92 Å². The number of carbonyl (C=O) groups excluding carboxylic acids is 3. The van der Waals surface area contributed by atoms with Crippen LogP contribution in [-0.2, 0) is 21.9 Å². The number of alkyl halides is 10. The van der Waals surface area contributed by atoms with Crippen molar-refractivity contribution in [3.8, 4) is 0 Å². The molecule has 3 amide bonds. The smallest absolute Gasteiger partial charge is 0.326 e. The van der Waals surface area contributed by atoms with E-state index in [1.54, 1.807) is 0 Å². The van der Waals surface area contributed by atoms with Crippen molar-refractivity contribution >= 4 is 69.6 Å². The summed E-state index contributed by atoms with van der Waals surface area (Å²) < 4.78 is 132. The molecule has 1 aliphatic rings. The summed E-state index contributed by atoms with van der Waals surface area (Å²) in [6.07, 6.45) is -14.0. The molecular formula is C27H14Cl3F10N3O3. The number of carbonyl (C=O) groups is 3. The van der Waals surface area contributed by atoms with Crippen molar-refractivity contribution in [1.29, 1.82) is 0 Å². The molecule has 0 bridgehead atoms. The molecule has 19 heteroatoms. The Morgan fingerprint density at radius 3 is 1.93 bits per heavy atom. The van der Waals surface area contributed by atoms with Crippen molar-refractivity contribution in [1.82, 2.24) is 0 Å². The van der Waals surface area contributed by atoms with Gasteiger partial charge in [0.2, 0.25) is 5.91 Å². The Kier molecular flexibility index (Phi) is 9.50. The zero-order valence-electron chi connectivity index (χ0n) is 22.0. The molecule has 46 heavy (non-hydrogen) atoms. The summed E-state index contributed by atoms with van der Waals surface area (Å²) in [6.45, 7) is 0. The van der Waals surface area contributed by atoms with Crippen LogP contribution in [0.3, 0.4) is 0 Å². The molecule has 0 aromatic heterocycles. The second kappa shape index (κ2) is 12.4. The van der Waals surface area contributed by atoms with Gasteiger partial charge in [0.25, 0.3) is 11.8 Å². The third kappa shape index (κ3) is 7.28. The second-order valence-electron chi connectivity index (χ2n) is 9.68. The Hall–Kier alpha value is -3.76. The van der Waals surface area contributed by atoms with E-state index >= 15 is 0 Å². The summed E-state index contributed by atoms with van der Waals surface area (Å²) in [4.78, 5) is 37.1. The van der Waals surface area contributed by atoms with Crippen LogP contribution in [0.5, 0.6) is 0 Å². The molecule has 0 aliphatic heterocycles. The molecule has 2 atom stereocenters. The van der Waals surface area contributed by atoms with E-state index in [4.69, 9.17) is 34.8 Å². The SMILES string of the molecule is O=C(Nc1ccc(F)c(NC(=O)C(F)F)c1F)c1cc(NC(=O)[C@H]2[C@H](c3cc(C(F)(F)F)cc(C(F)(F)F)c3)C2(Cl)Cl)ccc1Cl. The molecule has 3 aromatic carbocycles. The van der Waals surface area contributed by atoms with Crippen molar-refractivity contribution in [3.63, 3.8) is 0 Å². The van der Waals surface area contributed by atoms with Gasteiger partial charge in [-0.3, -0.25) is 14.4 Å². The molecule has 3 aromatic rings. The average molecular weight is 725 g/mol. The van der Waals surface area contributed by atoms with Crippen LogP contribution >= 0.6 is 34.8 Å². The van der Waals surface area contributed by atoms with Crippen LogP contribution in [0.2, 0.25) is 5.02 Å². The van der Waals surface area contributed by atoms with Gasteiger partial charge in [-0.25, -0.2) is 8.78 Å². The van der Waals surface area contributed by atoms with Crippen LogP contribution in [-0.4, -0.2) is 28.5 Å². The van der Waals surface area contributed by atoms with E-state index in [0.717, 1.165) is 18.2 Å². The lowest BCUT2D eigenvalue weighted by Crippen LogP contribution is -2.22. The molecule has 4 rings (SSSR count). The first-order valence-corrected chi connectivity index (χ1v) is 13.4. The van der Waals surface area contributed by atoms with E-state index in [2.05, 4.69) is 5.32 Å². The third-order valence-electron chi connectivity index (χ3n) is 6.57. The van der Waals surface area contributed by atoms with Gasteiger partial charge < -0.3 is 16.0 Å². The van der Waals surface area contributed by atoms with E-state index in [-0.39, 0.29) is 16.8 Å². The molecule has 0 saturated heterocycles. The monoisotopic (exact) mass is 723 g/mol. The number of nitrogens with one attached hydrogen (secondary N) is 3. The summed E-state index contributed by atoms with van der Waals surface area (Å²) in [5.74, 6) is -10.4. The molecule has 0 spiro atoms. The van der Waals surface area contributed by atoms with E-state index in [9.17, 15) is 58.3 Å². The number of hydrogen-bond donors (Lipinski definition) is 3. The summed E-state index contributed by atoms with van der Waals surface area (Å²) >= 11 is 18.3. The van der Waals surface area contributed by atoms with Crippen molar-refractivity contribution in [3.05, 3.63) is 87.4 Å². The minimum atomic E-state index is -5.18. The fourth-order valence-electron chi connectivity index (χ4n) is 4.35. The highest BCUT2D eigenvalue weighted by atomic mass is 35.5. The van der Waals surface area contributed by atoms with E-state index < -0.39 is 97.9 Å². The van der Waals surface area contributed by atoms with Gasteiger partial charge in [-0.05, 0) is 54.1 Å². The van der Waals surface area contributed by atoms with E-state index in [1.165, 1.54) is 5.32 Å². The van der Waals surface area contributed by atoms with Crippen molar-refractivity contribution in [2.45, 2.75) is 29.0 Å². The zero-order valence-corrected chi connectivity index (χ0v) is 24.3. The Morgan fingerprint density at radius 2 is 1.39 bits per heavy atom. The predicted molar refractivity (Wildman–Crippen MR) is 146 cm³/mol. The number of amides is 3. The standard InChI is InChI=1S/C27H14Cl3F10N3O3/c28-14-2-1-12(8-13(14)22(44)42-16-4-3-15(31)20(19(16)32)43-24(46)21(33)34)41-23(45)18-17(25(18,29)30)9-5-10(26(35,36)37)7-11(6-9)27(38,39)40/h1-8,17-18,21H,(H,41,45)(H,42,44)(H,43,46)/t17-,18+/m0/s1. The molecule has 1 fully saturated rings. The van der Waals surface area contributed by atoms with Crippen LogP contribution in [0.25, 0.3) is 0 Å². The lowest BCUT2D eigenvalue weighted by molar-refractivity contribution is -0.143. The van der Waals surface area contributed by atoms with Crippen LogP contribution in [0.1, 0.15) is 33.0 Å². The summed E-state index contributed by atoms with van der Waals surface area (Å²) in [7, 11) is 0. The number of anilines is 3. The van der Waals surface area contributed by atoms with Gasteiger partial charge in [-0.1, -0.05) is 11.6 Å². The maximum atomic E-state index is 14.8. The molecule has 0 unspecified atom stereocenters. The Labute approximate surface area is 266 Å². The fraction of sp³-hybridized carbons (Fsp3) is 0.222. The first-order valence-electron chi connectivity index (χ1n) is 12.3. The minimum Gasteiger partial charge on any atom is -0.326 e. The second-order valence-corrected chi connectivity index (χ2v) is 11.5. The largest absolute Gasteiger partial charge is 0.416 e. The molecule has 1 aliphatic carbocycles.